The van der Waals surface area contributed by atoms with E-state index in [0.29, 0.717) is 12.5 Å². The lowest BCUT2D eigenvalue weighted by molar-refractivity contribution is -0.120. The first-order valence-electron chi connectivity index (χ1n) is 6.82. The maximum absolute atomic E-state index is 13.4. The quantitative estimate of drug-likeness (QED) is 0.746. The highest BCUT2D eigenvalue weighted by Gasteiger charge is 2.16. The van der Waals surface area contributed by atoms with E-state index in [1.807, 2.05) is 0 Å². The molecule has 5 heteroatoms. The first-order chi connectivity index (χ1) is 9.47. The van der Waals surface area contributed by atoms with E-state index in [1.165, 1.54) is 6.07 Å². The second kappa shape index (κ2) is 8.35. The molecule has 1 N–H and O–H groups in total. The normalized spacial score (nSPS) is 12.5. The standard InChI is InChI=1S/C15H20BrF2NO/c1-3-10(4-2)13(16)9-19-15(20)7-11-5-6-12(17)8-14(11)18/h5-6,8,10,13H,3-4,7,9H2,1-2H3,(H,19,20). The number of alkyl halides is 1. The van der Waals surface area contributed by atoms with Crippen molar-refractivity contribution in [3.8, 4) is 0 Å². The number of benzene rings is 1. The van der Waals surface area contributed by atoms with Crippen molar-refractivity contribution in [2.75, 3.05) is 6.54 Å². The highest BCUT2D eigenvalue weighted by Crippen LogP contribution is 2.19. The second-order valence-corrected chi connectivity index (χ2v) is 5.99. The number of hydrogen-bond acceptors (Lipinski definition) is 1. The van der Waals surface area contributed by atoms with Gasteiger partial charge in [-0.1, -0.05) is 48.7 Å². The van der Waals surface area contributed by atoms with Crippen LogP contribution < -0.4 is 5.32 Å². The molecule has 1 unspecified atom stereocenters. The van der Waals surface area contributed by atoms with Gasteiger partial charge in [0.2, 0.25) is 5.91 Å². The molecule has 1 amide bonds. The molecule has 112 valence electrons. The van der Waals surface area contributed by atoms with Gasteiger partial charge < -0.3 is 5.32 Å². The van der Waals surface area contributed by atoms with Crippen LogP contribution in [-0.4, -0.2) is 17.3 Å². The van der Waals surface area contributed by atoms with E-state index >= 15 is 0 Å². The van der Waals surface area contributed by atoms with Crippen molar-refractivity contribution in [3.05, 3.63) is 35.4 Å². The summed E-state index contributed by atoms with van der Waals surface area (Å²) in [4.78, 5) is 12.0. The van der Waals surface area contributed by atoms with E-state index < -0.39 is 11.6 Å². The van der Waals surface area contributed by atoms with Gasteiger partial charge in [-0.2, -0.15) is 0 Å². The summed E-state index contributed by atoms with van der Waals surface area (Å²) in [6.07, 6.45) is 2.00. The third-order valence-electron chi connectivity index (χ3n) is 3.42. The van der Waals surface area contributed by atoms with Crippen LogP contribution in [0, 0.1) is 17.6 Å². The molecule has 1 atom stereocenters. The molecule has 0 spiro atoms. The van der Waals surface area contributed by atoms with Gasteiger partial charge in [-0.3, -0.25) is 4.79 Å². The molecule has 0 aliphatic heterocycles. The van der Waals surface area contributed by atoms with Gasteiger partial charge in [-0.05, 0) is 17.5 Å². The molecule has 20 heavy (non-hydrogen) atoms. The number of nitrogens with one attached hydrogen (secondary N) is 1. The van der Waals surface area contributed by atoms with Crippen molar-refractivity contribution in [3.63, 3.8) is 0 Å². The number of amides is 1. The molecule has 0 saturated carbocycles. The van der Waals surface area contributed by atoms with Crippen LogP contribution in [0.25, 0.3) is 0 Å². The fraction of sp³-hybridized carbons (Fsp3) is 0.533. The van der Waals surface area contributed by atoms with Gasteiger partial charge >= 0.3 is 0 Å². The van der Waals surface area contributed by atoms with Crippen molar-refractivity contribution in [2.24, 2.45) is 5.92 Å². The Hall–Kier alpha value is -0.970. The number of rotatable bonds is 7. The molecule has 0 aromatic heterocycles. The van der Waals surface area contributed by atoms with Gasteiger partial charge in [-0.25, -0.2) is 8.78 Å². The van der Waals surface area contributed by atoms with Gasteiger partial charge in [0.1, 0.15) is 11.6 Å². The van der Waals surface area contributed by atoms with E-state index in [-0.39, 0.29) is 22.7 Å². The smallest absolute Gasteiger partial charge is 0.224 e. The molecule has 0 saturated heterocycles. The molecule has 2 nitrogen and oxygen atoms in total. The first kappa shape index (κ1) is 17.1. The van der Waals surface area contributed by atoms with Crippen LogP contribution in [0.1, 0.15) is 32.3 Å². The summed E-state index contributed by atoms with van der Waals surface area (Å²) >= 11 is 3.56. The molecule has 0 aliphatic carbocycles. The van der Waals surface area contributed by atoms with Crippen molar-refractivity contribution in [1.29, 1.82) is 0 Å². The summed E-state index contributed by atoms with van der Waals surface area (Å²) in [6, 6.07) is 3.25. The summed E-state index contributed by atoms with van der Waals surface area (Å²) in [5.41, 5.74) is 0.206. The van der Waals surface area contributed by atoms with Gasteiger partial charge in [0.05, 0.1) is 6.42 Å². The van der Waals surface area contributed by atoms with Gasteiger partial charge in [0.25, 0.3) is 0 Å². The SMILES string of the molecule is CCC(CC)C(Br)CNC(=O)Cc1ccc(F)cc1F. The van der Waals surface area contributed by atoms with Crippen LogP contribution in [0.3, 0.4) is 0 Å². The van der Waals surface area contributed by atoms with E-state index in [1.54, 1.807) is 0 Å². The van der Waals surface area contributed by atoms with Crippen LogP contribution in [-0.2, 0) is 11.2 Å². The van der Waals surface area contributed by atoms with Crippen LogP contribution in [0.2, 0.25) is 0 Å². The van der Waals surface area contributed by atoms with Crippen molar-refractivity contribution in [1.82, 2.24) is 5.32 Å². The lowest BCUT2D eigenvalue weighted by Gasteiger charge is -2.19. The van der Waals surface area contributed by atoms with Gasteiger partial charge in [0.15, 0.2) is 0 Å². The highest BCUT2D eigenvalue weighted by atomic mass is 79.9. The van der Waals surface area contributed by atoms with Gasteiger partial charge in [0, 0.05) is 17.4 Å². The number of hydrogen-bond donors (Lipinski definition) is 1. The van der Waals surface area contributed by atoms with Crippen molar-refractivity contribution >= 4 is 21.8 Å². The summed E-state index contributed by atoms with van der Waals surface area (Å²) in [5.74, 6) is -1.08. The summed E-state index contributed by atoms with van der Waals surface area (Å²) < 4.78 is 26.2. The van der Waals surface area contributed by atoms with E-state index in [0.717, 1.165) is 25.0 Å². The fourth-order valence-electron chi connectivity index (χ4n) is 2.08. The molecule has 0 bridgehead atoms. The Morgan fingerprint density at radius 3 is 2.50 bits per heavy atom. The summed E-state index contributed by atoms with van der Waals surface area (Å²) in [6.45, 7) is 4.73. The largest absolute Gasteiger partial charge is 0.355 e. The second-order valence-electron chi connectivity index (χ2n) is 4.81. The molecule has 1 aromatic rings. The monoisotopic (exact) mass is 347 g/mol. The maximum Gasteiger partial charge on any atom is 0.224 e. The number of carbonyl (C=O) groups excluding carboxylic acids is 1. The van der Waals surface area contributed by atoms with Crippen LogP contribution in [0.5, 0.6) is 0 Å². The topological polar surface area (TPSA) is 29.1 Å². The molecule has 0 radical (unpaired) electrons. The zero-order valence-electron chi connectivity index (χ0n) is 11.8. The molecule has 1 rings (SSSR count). The Bertz CT molecular complexity index is 449. The van der Waals surface area contributed by atoms with Crippen LogP contribution >= 0.6 is 15.9 Å². The van der Waals surface area contributed by atoms with E-state index in [2.05, 4.69) is 35.1 Å². The number of halogens is 3. The minimum absolute atomic E-state index is 0.0747. The lowest BCUT2D eigenvalue weighted by Crippen LogP contribution is -2.34. The average Bonchev–Trinajstić information content (AvgIpc) is 2.41. The minimum Gasteiger partial charge on any atom is -0.355 e. The maximum atomic E-state index is 13.4. The molecule has 0 heterocycles. The van der Waals surface area contributed by atoms with Crippen LogP contribution in [0.4, 0.5) is 8.78 Å². The lowest BCUT2D eigenvalue weighted by atomic mass is 9.99. The minimum atomic E-state index is -0.685. The van der Waals surface area contributed by atoms with Crippen molar-refractivity contribution in [2.45, 2.75) is 37.9 Å². The van der Waals surface area contributed by atoms with Crippen LogP contribution in [0.15, 0.2) is 18.2 Å². The Balaban J connectivity index is 2.48. The Labute approximate surface area is 127 Å². The number of carbonyl (C=O) groups is 1. The average molecular weight is 348 g/mol. The molecule has 1 aromatic carbocycles. The molecule has 0 aliphatic rings. The molecular formula is C15H20BrF2NO. The third kappa shape index (κ3) is 5.19. The Kier molecular flexibility index (Phi) is 7.13. The van der Waals surface area contributed by atoms with E-state index in [4.69, 9.17) is 0 Å². The third-order valence-corrected chi connectivity index (χ3v) is 4.49. The molecule has 0 fully saturated rings. The predicted octanol–water partition coefficient (Wildman–Crippen LogP) is 3.82. The Morgan fingerprint density at radius 2 is 1.95 bits per heavy atom. The van der Waals surface area contributed by atoms with Gasteiger partial charge in [-0.15, -0.1) is 0 Å². The first-order valence-corrected chi connectivity index (χ1v) is 7.74. The predicted molar refractivity (Wildman–Crippen MR) is 79.9 cm³/mol. The summed E-state index contributed by atoms with van der Waals surface area (Å²) in [7, 11) is 0. The Morgan fingerprint density at radius 1 is 1.30 bits per heavy atom. The summed E-state index contributed by atoms with van der Waals surface area (Å²) in [5, 5.41) is 2.78. The zero-order valence-corrected chi connectivity index (χ0v) is 13.3. The van der Waals surface area contributed by atoms with E-state index in [9.17, 15) is 13.6 Å². The molecular weight excluding hydrogens is 328 g/mol. The van der Waals surface area contributed by atoms with Crippen molar-refractivity contribution < 1.29 is 13.6 Å². The fourth-order valence-corrected chi connectivity index (χ4v) is 2.99. The zero-order chi connectivity index (χ0) is 15.1. The highest BCUT2D eigenvalue weighted by molar-refractivity contribution is 9.09.